The van der Waals surface area contributed by atoms with E-state index < -0.39 is 0 Å². The first-order valence-electron chi connectivity index (χ1n) is 5.41. The Morgan fingerprint density at radius 2 is 2.18 bits per heavy atom. The van der Waals surface area contributed by atoms with Gasteiger partial charge in [-0.05, 0) is 37.3 Å². The Bertz CT molecular complexity index is 609. The van der Waals surface area contributed by atoms with Crippen LogP contribution in [0.2, 0.25) is 0 Å². The van der Waals surface area contributed by atoms with Gasteiger partial charge in [-0.3, -0.25) is 4.79 Å². The average molecular weight is 225 g/mol. The summed E-state index contributed by atoms with van der Waals surface area (Å²) in [5.41, 5.74) is 3.58. The first kappa shape index (κ1) is 9.90. The van der Waals surface area contributed by atoms with Crippen molar-refractivity contribution < 1.29 is 9.21 Å². The summed E-state index contributed by atoms with van der Waals surface area (Å²) in [7, 11) is 0. The van der Waals surface area contributed by atoms with E-state index >= 15 is 0 Å². The molecular weight excluding hydrogens is 214 g/mol. The van der Waals surface area contributed by atoms with E-state index in [0.29, 0.717) is 11.3 Å². The monoisotopic (exact) mass is 225 g/mol. The summed E-state index contributed by atoms with van der Waals surface area (Å²) in [5, 5.41) is 2.84. The maximum atomic E-state index is 11.8. The van der Waals surface area contributed by atoms with Gasteiger partial charge in [0.25, 0.3) is 5.91 Å². The predicted octanol–water partition coefficient (Wildman–Crippen LogP) is 3.08. The van der Waals surface area contributed by atoms with Crippen molar-refractivity contribution in [3.63, 3.8) is 0 Å². The van der Waals surface area contributed by atoms with Crippen LogP contribution in [0.3, 0.4) is 0 Å². The van der Waals surface area contributed by atoms with E-state index in [0.717, 1.165) is 16.8 Å². The smallest absolute Gasteiger partial charge is 0.256 e. The molecule has 0 saturated heterocycles. The van der Waals surface area contributed by atoms with Gasteiger partial charge in [0.05, 0.1) is 11.8 Å². The standard InChI is InChI=1S/C14H11NO2/c1-9-4-5-13-11(7-9)12(14(16)15-13)8-10-3-2-6-17-10/h2-8H,1H3,(H,15,16)/b12-8-. The van der Waals surface area contributed by atoms with Gasteiger partial charge in [0.1, 0.15) is 5.76 Å². The van der Waals surface area contributed by atoms with Crippen molar-refractivity contribution >= 4 is 23.2 Å². The quantitative estimate of drug-likeness (QED) is 0.758. The third kappa shape index (κ3) is 1.65. The van der Waals surface area contributed by atoms with Gasteiger partial charge in [0, 0.05) is 11.3 Å². The largest absolute Gasteiger partial charge is 0.465 e. The highest BCUT2D eigenvalue weighted by Crippen LogP contribution is 2.33. The summed E-state index contributed by atoms with van der Waals surface area (Å²) in [4.78, 5) is 11.8. The summed E-state index contributed by atoms with van der Waals surface area (Å²) >= 11 is 0. The van der Waals surface area contributed by atoms with Gasteiger partial charge < -0.3 is 9.73 Å². The lowest BCUT2D eigenvalue weighted by Gasteiger charge is -1.99. The van der Waals surface area contributed by atoms with Crippen LogP contribution in [0.25, 0.3) is 11.6 Å². The Morgan fingerprint density at radius 3 is 2.94 bits per heavy atom. The van der Waals surface area contributed by atoms with Gasteiger partial charge in [0.2, 0.25) is 0 Å². The van der Waals surface area contributed by atoms with Crippen molar-refractivity contribution in [1.82, 2.24) is 0 Å². The summed E-state index contributed by atoms with van der Waals surface area (Å²) < 4.78 is 5.23. The molecule has 17 heavy (non-hydrogen) atoms. The topological polar surface area (TPSA) is 42.2 Å². The maximum absolute atomic E-state index is 11.8. The van der Waals surface area contributed by atoms with Gasteiger partial charge in [-0.2, -0.15) is 0 Å². The Morgan fingerprint density at radius 1 is 1.29 bits per heavy atom. The summed E-state index contributed by atoms with van der Waals surface area (Å²) in [6, 6.07) is 9.53. The number of fused-ring (bicyclic) bond motifs is 1. The Balaban J connectivity index is 2.13. The highest BCUT2D eigenvalue weighted by molar-refractivity contribution is 6.34. The minimum atomic E-state index is -0.0815. The molecule has 0 bridgehead atoms. The van der Waals surface area contributed by atoms with Crippen LogP contribution in [0.1, 0.15) is 16.9 Å². The van der Waals surface area contributed by atoms with Crippen LogP contribution in [0.4, 0.5) is 5.69 Å². The number of anilines is 1. The van der Waals surface area contributed by atoms with Crippen LogP contribution in [-0.4, -0.2) is 5.91 Å². The molecule has 84 valence electrons. The third-order valence-electron chi connectivity index (χ3n) is 2.79. The highest BCUT2D eigenvalue weighted by Gasteiger charge is 2.24. The fraction of sp³-hybridized carbons (Fsp3) is 0.0714. The minimum Gasteiger partial charge on any atom is -0.465 e. The van der Waals surface area contributed by atoms with E-state index in [1.807, 2.05) is 31.2 Å². The van der Waals surface area contributed by atoms with Gasteiger partial charge in [-0.1, -0.05) is 11.6 Å². The van der Waals surface area contributed by atoms with Gasteiger partial charge in [0.15, 0.2) is 0 Å². The number of aryl methyl sites for hydroxylation is 1. The number of benzene rings is 1. The molecule has 0 unspecified atom stereocenters. The lowest BCUT2D eigenvalue weighted by Crippen LogP contribution is -2.03. The number of rotatable bonds is 1. The van der Waals surface area contributed by atoms with Gasteiger partial charge in [-0.25, -0.2) is 0 Å². The normalized spacial score (nSPS) is 16.1. The van der Waals surface area contributed by atoms with Crippen molar-refractivity contribution in [3.05, 3.63) is 53.5 Å². The Kier molecular flexibility index (Phi) is 2.11. The van der Waals surface area contributed by atoms with Crippen LogP contribution in [0.15, 0.2) is 41.0 Å². The lowest BCUT2D eigenvalue weighted by atomic mass is 10.0. The number of nitrogens with one attached hydrogen (secondary N) is 1. The summed E-state index contributed by atoms with van der Waals surface area (Å²) in [6.45, 7) is 2.01. The van der Waals surface area contributed by atoms with E-state index in [9.17, 15) is 4.79 Å². The lowest BCUT2D eigenvalue weighted by molar-refractivity contribution is -0.110. The van der Waals surface area contributed by atoms with Crippen molar-refractivity contribution in [3.8, 4) is 0 Å². The number of furan rings is 1. The molecule has 1 N–H and O–H groups in total. The molecule has 2 heterocycles. The minimum absolute atomic E-state index is 0.0815. The van der Waals surface area contributed by atoms with Crippen LogP contribution in [0.5, 0.6) is 0 Å². The maximum Gasteiger partial charge on any atom is 0.256 e. The molecule has 0 spiro atoms. The number of carbonyl (C=O) groups is 1. The average Bonchev–Trinajstić information content (AvgIpc) is 2.90. The van der Waals surface area contributed by atoms with Gasteiger partial charge >= 0.3 is 0 Å². The van der Waals surface area contributed by atoms with E-state index in [2.05, 4.69) is 5.32 Å². The molecule has 3 rings (SSSR count). The molecule has 1 aromatic carbocycles. The van der Waals surface area contributed by atoms with Crippen molar-refractivity contribution in [2.45, 2.75) is 6.92 Å². The van der Waals surface area contributed by atoms with Gasteiger partial charge in [-0.15, -0.1) is 0 Å². The fourth-order valence-electron chi connectivity index (χ4n) is 1.96. The second-order valence-corrected chi connectivity index (χ2v) is 4.08. The van der Waals surface area contributed by atoms with Crippen LogP contribution < -0.4 is 5.32 Å². The summed E-state index contributed by atoms with van der Waals surface area (Å²) in [5.74, 6) is 0.603. The molecule has 1 aliphatic rings. The molecule has 0 fully saturated rings. The molecule has 3 heteroatoms. The molecule has 2 aromatic rings. The highest BCUT2D eigenvalue weighted by atomic mass is 16.3. The molecule has 0 radical (unpaired) electrons. The summed E-state index contributed by atoms with van der Waals surface area (Å²) in [6.07, 6.45) is 3.36. The predicted molar refractivity (Wildman–Crippen MR) is 66.4 cm³/mol. The van der Waals surface area contributed by atoms with E-state index in [1.54, 1.807) is 18.4 Å². The fourth-order valence-corrected chi connectivity index (χ4v) is 1.96. The van der Waals surface area contributed by atoms with Crippen LogP contribution in [0, 0.1) is 6.92 Å². The zero-order valence-electron chi connectivity index (χ0n) is 9.36. The van der Waals surface area contributed by atoms with Crippen molar-refractivity contribution in [2.75, 3.05) is 5.32 Å². The molecule has 3 nitrogen and oxygen atoms in total. The van der Waals surface area contributed by atoms with E-state index in [1.165, 1.54) is 0 Å². The number of amides is 1. The molecule has 0 aliphatic carbocycles. The molecule has 1 amide bonds. The second-order valence-electron chi connectivity index (χ2n) is 4.08. The molecule has 1 aromatic heterocycles. The molecule has 0 atom stereocenters. The number of carbonyl (C=O) groups excluding carboxylic acids is 1. The van der Waals surface area contributed by atoms with Crippen molar-refractivity contribution in [1.29, 1.82) is 0 Å². The van der Waals surface area contributed by atoms with Crippen molar-refractivity contribution in [2.24, 2.45) is 0 Å². The zero-order valence-corrected chi connectivity index (χ0v) is 9.36. The number of hydrogen-bond acceptors (Lipinski definition) is 2. The SMILES string of the molecule is Cc1ccc2c(c1)/C(=C/c1ccco1)C(=O)N2. The first-order chi connectivity index (χ1) is 8.24. The van der Waals surface area contributed by atoms with E-state index in [-0.39, 0.29) is 5.91 Å². The third-order valence-corrected chi connectivity index (χ3v) is 2.79. The second kappa shape index (κ2) is 3.63. The Hall–Kier alpha value is -2.29. The van der Waals surface area contributed by atoms with E-state index in [4.69, 9.17) is 4.42 Å². The molecule has 1 aliphatic heterocycles. The number of hydrogen-bond donors (Lipinski definition) is 1. The van der Waals surface area contributed by atoms with Crippen LogP contribution in [-0.2, 0) is 4.79 Å². The van der Waals surface area contributed by atoms with Crippen LogP contribution >= 0.6 is 0 Å². The molecular formula is C14H11NO2. The zero-order chi connectivity index (χ0) is 11.8. The molecule has 0 saturated carbocycles. The first-order valence-corrected chi connectivity index (χ1v) is 5.41. The Labute approximate surface area is 98.8 Å².